The monoisotopic (exact) mass is 451 g/mol. The van der Waals surface area contributed by atoms with Gasteiger partial charge in [-0.15, -0.1) is 11.3 Å². The van der Waals surface area contributed by atoms with Crippen LogP contribution in [0.3, 0.4) is 0 Å². The van der Waals surface area contributed by atoms with E-state index in [1.165, 1.54) is 18.0 Å². The second-order valence-corrected chi connectivity index (χ2v) is 8.12. The number of carbonyl (C=O) groups excluding carboxylic acids is 2. The average Bonchev–Trinajstić information content (AvgIpc) is 3.13. The van der Waals surface area contributed by atoms with E-state index >= 15 is 0 Å². The highest BCUT2D eigenvalue weighted by atomic mass is 32.1. The fourth-order valence-electron chi connectivity index (χ4n) is 3.43. The first kappa shape index (κ1) is 21.7. The van der Waals surface area contributed by atoms with Gasteiger partial charge >= 0.3 is 5.97 Å². The summed E-state index contributed by atoms with van der Waals surface area (Å²) in [6.45, 7) is 1.88. The highest BCUT2D eigenvalue weighted by Gasteiger charge is 2.21. The molecule has 2 aromatic heterocycles. The Labute approximate surface area is 187 Å². The van der Waals surface area contributed by atoms with Crippen molar-refractivity contribution >= 4 is 49.9 Å². The lowest BCUT2D eigenvalue weighted by Crippen LogP contribution is -2.28. The number of aryl methyl sites for hydroxylation is 1. The van der Waals surface area contributed by atoms with Crippen molar-refractivity contribution in [2.24, 2.45) is 0 Å². The van der Waals surface area contributed by atoms with Gasteiger partial charge in [0.15, 0.2) is 0 Å². The van der Waals surface area contributed by atoms with E-state index in [-0.39, 0.29) is 31.2 Å². The number of methoxy groups -OCH3 is 1. The predicted octanol–water partition coefficient (Wildman–Crippen LogP) is 3.36. The quantitative estimate of drug-likeness (QED) is 0.342. The van der Waals surface area contributed by atoms with Crippen LogP contribution in [-0.2, 0) is 20.8 Å². The zero-order valence-corrected chi connectivity index (χ0v) is 18.4. The molecule has 1 N–H and O–H groups in total. The minimum Gasteiger partial charge on any atom is -0.459 e. The van der Waals surface area contributed by atoms with E-state index in [0.717, 1.165) is 22.1 Å². The van der Waals surface area contributed by atoms with Crippen LogP contribution >= 0.6 is 11.3 Å². The molecule has 9 heteroatoms. The molecule has 0 saturated carbocycles. The number of fused-ring (bicyclic) bond motifs is 2. The summed E-state index contributed by atoms with van der Waals surface area (Å²) >= 11 is 1.10. The Morgan fingerprint density at radius 2 is 1.91 bits per heavy atom. The largest absolute Gasteiger partial charge is 0.459 e. The van der Waals surface area contributed by atoms with Gasteiger partial charge in [0.25, 0.3) is 5.56 Å². The van der Waals surface area contributed by atoms with Gasteiger partial charge in [0.2, 0.25) is 5.91 Å². The molecule has 0 aliphatic carbocycles. The Hall–Kier alpha value is -3.56. The van der Waals surface area contributed by atoms with Gasteiger partial charge in [0, 0.05) is 18.2 Å². The van der Waals surface area contributed by atoms with Gasteiger partial charge in [-0.25, -0.2) is 9.78 Å². The number of hydrogen-bond acceptors (Lipinski definition) is 7. The Morgan fingerprint density at radius 3 is 2.72 bits per heavy atom. The molecule has 4 rings (SSSR count). The Bertz CT molecular complexity index is 1370. The van der Waals surface area contributed by atoms with Crippen molar-refractivity contribution in [1.82, 2.24) is 9.55 Å². The van der Waals surface area contributed by atoms with E-state index in [0.29, 0.717) is 26.3 Å². The number of esters is 1. The van der Waals surface area contributed by atoms with Crippen molar-refractivity contribution in [3.8, 4) is 0 Å². The molecule has 4 aromatic rings. The molecule has 0 aliphatic rings. The molecule has 32 heavy (non-hydrogen) atoms. The molecular formula is C23H21N3O5S. The van der Waals surface area contributed by atoms with E-state index in [1.807, 2.05) is 42.5 Å². The van der Waals surface area contributed by atoms with Crippen LogP contribution in [0.15, 0.2) is 53.6 Å². The van der Waals surface area contributed by atoms with Gasteiger partial charge in [-0.3, -0.25) is 14.2 Å². The Kier molecular flexibility index (Phi) is 6.29. The second kappa shape index (κ2) is 9.29. The van der Waals surface area contributed by atoms with Crippen molar-refractivity contribution in [2.45, 2.75) is 13.5 Å². The van der Waals surface area contributed by atoms with Gasteiger partial charge in [0.1, 0.15) is 22.9 Å². The molecule has 164 valence electrons. The van der Waals surface area contributed by atoms with Gasteiger partial charge in [-0.05, 0) is 23.9 Å². The third kappa shape index (κ3) is 4.25. The van der Waals surface area contributed by atoms with Gasteiger partial charge in [0.05, 0.1) is 18.3 Å². The molecule has 0 fully saturated rings. The van der Waals surface area contributed by atoms with Crippen LogP contribution in [0.5, 0.6) is 0 Å². The first-order valence-electron chi connectivity index (χ1n) is 9.92. The molecule has 0 bridgehead atoms. The van der Waals surface area contributed by atoms with Crippen LogP contribution in [0, 0.1) is 6.92 Å². The number of anilines is 1. The summed E-state index contributed by atoms with van der Waals surface area (Å²) in [4.78, 5) is 43.1. The second-order valence-electron chi connectivity index (χ2n) is 7.12. The SMILES string of the molecule is COCCOC(=O)c1sc2ncn(CC(=O)Nc3cccc4ccccc34)c(=O)c2c1C. The maximum absolute atomic E-state index is 13.0. The maximum Gasteiger partial charge on any atom is 0.348 e. The van der Waals surface area contributed by atoms with Crippen LogP contribution in [-0.4, -0.2) is 41.8 Å². The molecule has 8 nitrogen and oxygen atoms in total. The highest BCUT2D eigenvalue weighted by Crippen LogP contribution is 2.27. The topological polar surface area (TPSA) is 99.5 Å². The van der Waals surface area contributed by atoms with E-state index < -0.39 is 5.97 Å². The summed E-state index contributed by atoms with van der Waals surface area (Å²) in [7, 11) is 1.52. The number of amides is 1. The van der Waals surface area contributed by atoms with Gasteiger partial charge in [-0.1, -0.05) is 36.4 Å². The predicted molar refractivity (Wildman–Crippen MR) is 123 cm³/mol. The molecule has 1 amide bonds. The first-order chi connectivity index (χ1) is 15.5. The zero-order chi connectivity index (χ0) is 22.7. The van der Waals surface area contributed by atoms with Gasteiger partial charge in [-0.2, -0.15) is 0 Å². The van der Waals surface area contributed by atoms with Crippen LogP contribution in [0.2, 0.25) is 0 Å². The molecule has 0 spiro atoms. The lowest BCUT2D eigenvalue weighted by Gasteiger charge is -2.10. The molecule has 0 aliphatic heterocycles. The number of nitrogens with one attached hydrogen (secondary N) is 1. The summed E-state index contributed by atoms with van der Waals surface area (Å²) in [5.74, 6) is -0.876. The highest BCUT2D eigenvalue weighted by molar-refractivity contribution is 7.20. The number of rotatable bonds is 7. The number of ether oxygens (including phenoxy) is 2. The fourth-order valence-corrected chi connectivity index (χ4v) is 4.46. The zero-order valence-electron chi connectivity index (χ0n) is 17.6. The van der Waals surface area contributed by atoms with Crippen molar-refractivity contribution in [3.05, 3.63) is 69.6 Å². The molecule has 2 aromatic carbocycles. The molecule has 2 heterocycles. The van der Waals surface area contributed by atoms with Crippen LogP contribution in [0.4, 0.5) is 5.69 Å². The molecular weight excluding hydrogens is 430 g/mol. The Balaban J connectivity index is 1.57. The van der Waals surface area contributed by atoms with E-state index in [9.17, 15) is 14.4 Å². The third-order valence-corrected chi connectivity index (χ3v) is 6.18. The smallest absolute Gasteiger partial charge is 0.348 e. The summed E-state index contributed by atoms with van der Waals surface area (Å²) in [6.07, 6.45) is 1.32. The van der Waals surface area contributed by atoms with Crippen molar-refractivity contribution in [3.63, 3.8) is 0 Å². The minimum absolute atomic E-state index is 0.120. The molecule has 0 atom stereocenters. The summed E-state index contributed by atoms with van der Waals surface area (Å²) in [6, 6.07) is 13.4. The Morgan fingerprint density at radius 1 is 1.12 bits per heavy atom. The van der Waals surface area contributed by atoms with E-state index in [2.05, 4.69) is 10.3 Å². The lowest BCUT2D eigenvalue weighted by molar-refractivity contribution is -0.116. The maximum atomic E-state index is 13.0. The van der Waals surface area contributed by atoms with Crippen LogP contribution in [0.1, 0.15) is 15.2 Å². The van der Waals surface area contributed by atoms with E-state index in [1.54, 1.807) is 6.92 Å². The minimum atomic E-state index is -0.526. The standard InChI is InChI=1S/C23H21N3O5S/c1-14-19-21(32-20(14)23(29)31-11-10-30-2)24-13-26(22(19)28)12-18(27)25-17-9-5-7-15-6-3-4-8-16(15)17/h3-9,13H,10-12H2,1-2H3,(H,25,27). The summed E-state index contributed by atoms with van der Waals surface area (Å²) in [5.41, 5.74) is 0.782. The normalized spacial score (nSPS) is 11.1. The number of benzene rings is 2. The third-order valence-electron chi connectivity index (χ3n) is 5.00. The van der Waals surface area contributed by atoms with Crippen molar-refractivity contribution < 1.29 is 19.1 Å². The van der Waals surface area contributed by atoms with Crippen LogP contribution < -0.4 is 10.9 Å². The summed E-state index contributed by atoms with van der Waals surface area (Å²) < 4.78 is 11.3. The van der Waals surface area contributed by atoms with Crippen molar-refractivity contribution in [1.29, 1.82) is 0 Å². The number of carbonyl (C=O) groups is 2. The average molecular weight is 452 g/mol. The number of nitrogens with zero attached hydrogens (tertiary/aromatic N) is 2. The van der Waals surface area contributed by atoms with Crippen LogP contribution in [0.25, 0.3) is 21.0 Å². The van der Waals surface area contributed by atoms with E-state index in [4.69, 9.17) is 9.47 Å². The molecule has 0 saturated heterocycles. The fraction of sp³-hybridized carbons (Fsp3) is 0.217. The lowest BCUT2D eigenvalue weighted by atomic mass is 10.1. The first-order valence-corrected chi connectivity index (χ1v) is 10.7. The number of hydrogen-bond donors (Lipinski definition) is 1. The number of aromatic nitrogens is 2. The molecule has 0 radical (unpaired) electrons. The van der Waals surface area contributed by atoms with Crippen molar-refractivity contribution in [2.75, 3.05) is 25.6 Å². The number of thiophene rings is 1. The summed E-state index contributed by atoms with van der Waals surface area (Å²) in [5, 5.41) is 5.10. The molecule has 0 unspecified atom stereocenters. The van der Waals surface area contributed by atoms with Gasteiger partial charge < -0.3 is 14.8 Å².